The fraction of sp³-hybridized carbons (Fsp3) is 1.00. The molecule has 0 spiro atoms. The molecule has 0 bridgehead atoms. The van der Waals surface area contributed by atoms with Gasteiger partial charge in [-0.15, -0.1) is 0 Å². The van der Waals surface area contributed by atoms with Gasteiger partial charge in [-0.05, 0) is 12.3 Å². The van der Waals surface area contributed by atoms with Gasteiger partial charge >= 0.3 is 0 Å². The monoisotopic (exact) mass is 143 g/mol. The average Bonchev–Trinajstić information content (AvgIpc) is 2.62. The molecule has 10 heavy (non-hydrogen) atoms. The zero-order valence-corrected chi connectivity index (χ0v) is 7.13. The van der Waals surface area contributed by atoms with Crippen molar-refractivity contribution in [3.8, 4) is 0 Å². The molecule has 2 unspecified atom stereocenters. The third kappa shape index (κ3) is 1.96. The van der Waals surface area contributed by atoms with Gasteiger partial charge in [0.1, 0.15) is 0 Å². The minimum atomic E-state index is 0.423. The summed E-state index contributed by atoms with van der Waals surface area (Å²) in [6.07, 6.45) is 2.93. The molecule has 0 N–H and O–H groups in total. The van der Waals surface area contributed by atoms with Crippen molar-refractivity contribution in [2.75, 3.05) is 6.54 Å². The summed E-state index contributed by atoms with van der Waals surface area (Å²) < 4.78 is 0. The second-order valence-corrected chi connectivity index (χ2v) is 3.23. The number of rotatable bonds is 4. The molecule has 1 heterocycles. The van der Waals surface area contributed by atoms with Gasteiger partial charge in [-0.2, -0.15) is 5.06 Å². The van der Waals surface area contributed by atoms with E-state index in [0.717, 1.165) is 6.54 Å². The molecule has 1 saturated heterocycles. The van der Waals surface area contributed by atoms with Crippen molar-refractivity contribution < 1.29 is 4.84 Å². The molecule has 2 nitrogen and oxygen atoms in total. The van der Waals surface area contributed by atoms with Crippen molar-refractivity contribution >= 4 is 0 Å². The normalized spacial score (nSPS) is 31.2. The summed E-state index contributed by atoms with van der Waals surface area (Å²) in [5, 5.41) is 2.08. The zero-order valence-electron chi connectivity index (χ0n) is 7.13. The van der Waals surface area contributed by atoms with E-state index in [1.165, 1.54) is 12.8 Å². The first-order valence-electron chi connectivity index (χ1n) is 4.19. The van der Waals surface area contributed by atoms with Gasteiger partial charge in [0.25, 0.3) is 0 Å². The molecule has 0 aromatic carbocycles. The standard InChI is InChI=1S/C8H17NO/c1-4-5-6-9-8(10-9)7(2)3/h7-8H,4-6H2,1-3H3. The van der Waals surface area contributed by atoms with Crippen LogP contribution in [0.5, 0.6) is 0 Å². The first kappa shape index (κ1) is 8.02. The molecule has 0 aromatic rings. The smallest absolute Gasteiger partial charge is 0.156 e. The van der Waals surface area contributed by atoms with Gasteiger partial charge in [-0.1, -0.05) is 27.2 Å². The van der Waals surface area contributed by atoms with Crippen molar-refractivity contribution in [1.29, 1.82) is 0 Å². The van der Waals surface area contributed by atoms with Crippen LogP contribution in [0.3, 0.4) is 0 Å². The minimum Gasteiger partial charge on any atom is -0.275 e. The van der Waals surface area contributed by atoms with E-state index in [4.69, 9.17) is 4.84 Å². The van der Waals surface area contributed by atoms with Gasteiger partial charge in [0.2, 0.25) is 0 Å². The van der Waals surface area contributed by atoms with Crippen molar-refractivity contribution in [1.82, 2.24) is 5.06 Å². The summed E-state index contributed by atoms with van der Waals surface area (Å²) in [6.45, 7) is 7.69. The molecule has 0 radical (unpaired) electrons. The van der Waals surface area contributed by atoms with Crippen LogP contribution in [-0.4, -0.2) is 17.8 Å². The molecule has 2 heteroatoms. The lowest BCUT2D eigenvalue weighted by Gasteiger charge is -1.97. The number of nitrogens with zero attached hydrogens (tertiary/aromatic N) is 1. The summed E-state index contributed by atoms with van der Waals surface area (Å²) in [7, 11) is 0. The fourth-order valence-corrected chi connectivity index (χ4v) is 1.06. The summed E-state index contributed by atoms with van der Waals surface area (Å²) in [4.78, 5) is 5.31. The Hall–Kier alpha value is -0.0800. The van der Waals surface area contributed by atoms with Gasteiger partial charge in [-0.3, -0.25) is 4.84 Å². The average molecular weight is 143 g/mol. The molecule has 1 aliphatic heterocycles. The van der Waals surface area contributed by atoms with Crippen LogP contribution in [0, 0.1) is 5.92 Å². The van der Waals surface area contributed by atoms with Crippen molar-refractivity contribution in [2.45, 2.75) is 39.8 Å². The van der Waals surface area contributed by atoms with E-state index in [0.29, 0.717) is 12.1 Å². The molecule has 2 atom stereocenters. The molecule has 1 aliphatic rings. The van der Waals surface area contributed by atoms with Crippen molar-refractivity contribution in [3.63, 3.8) is 0 Å². The van der Waals surface area contributed by atoms with E-state index < -0.39 is 0 Å². The van der Waals surface area contributed by atoms with E-state index in [-0.39, 0.29) is 0 Å². The highest BCUT2D eigenvalue weighted by Crippen LogP contribution is 2.27. The molecular weight excluding hydrogens is 126 g/mol. The Morgan fingerprint density at radius 2 is 2.20 bits per heavy atom. The van der Waals surface area contributed by atoms with Gasteiger partial charge < -0.3 is 0 Å². The first-order valence-corrected chi connectivity index (χ1v) is 4.19. The van der Waals surface area contributed by atoms with Crippen LogP contribution >= 0.6 is 0 Å². The highest BCUT2D eigenvalue weighted by molar-refractivity contribution is 4.68. The molecule has 1 fully saturated rings. The van der Waals surface area contributed by atoms with Crippen LogP contribution in [0.25, 0.3) is 0 Å². The van der Waals surface area contributed by atoms with Crippen LogP contribution in [0.4, 0.5) is 0 Å². The summed E-state index contributed by atoms with van der Waals surface area (Å²) in [5.41, 5.74) is 0. The molecule has 0 aromatic heterocycles. The van der Waals surface area contributed by atoms with Crippen LogP contribution in [0.2, 0.25) is 0 Å². The Morgan fingerprint density at radius 3 is 2.60 bits per heavy atom. The number of hydrogen-bond donors (Lipinski definition) is 0. The predicted octanol–water partition coefficient (Wildman–Crippen LogP) is 2.02. The third-order valence-electron chi connectivity index (χ3n) is 1.78. The van der Waals surface area contributed by atoms with Crippen LogP contribution in [0.15, 0.2) is 0 Å². The molecule has 0 amide bonds. The van der Waals surface area contributed by atoms with Gasteiger partial charge in [0, 0.05) is 6.54 Å². The van der Waals surface area contributed by atoms with E-state index >= 15 is 0 Å². The maximum Gasteiger partial charge on any atom is 0.156 e. The van der Waals surface area contributed by atoms with Crippen molar-refractivity contribution in [3.05, 3.63) is 0 Å². The Kier molecular flexibility index (Phi) is 2.69. The fourth-order valence-electron chi connectivity index (χ4n) is 1.06. The van der Waals surface area contributed by atoms with Gasteiger partial charge in [-0.25, -0.2) is 0 Å². The van der Waals surface area contributed by atoms with Crippen LogP contribution in [0.1, 0.15) is 33.6 Å². The number of hydroxylamine groups is 2. The lowest BCUT2D eigenvalue weighted by molar-refractivity contribution is 0.194. The number of unbranched alkanes of at least 4 members (excludes halogenated alkanes) is 1. The maximum absolute atomic E-state index is 5.31. The Bertz CT molecular complexity index is 103. The Labute approximate surface area is 63.1 Å². The SMILES string of the molecule is CCCCN1OC1C(C)C. The topological polar surface area (TPSA) is 15.5 Å². The van der Waals surface area contributed by atoms with Crippen LogP contribution in [-0.2, 0) is 4.84 Å². The first-order chi connectivity index (χ1) is 4.75. The zero-order chi connectivity index (χ0) is 7.56. The highest BCUT2D eigenvalue weighted by Gasteiger charge is 2.37. The number of hydrogen-bond acceptors (Lipinski definition) is 2. The van der Waals surface area contributed by atoms with E-state index in [9.17, 15) is 0 Å². The molecule has 0 aliphatic carbocycles. The molecule has 0 saturated carbocycles. The Morgan fingerprint density at radius 1 is 1.50 bits per heavy atom. The summed E-state index contributed by atoms with van der Waals surface area (Å²) >= 11 is 0. The molecule has 60 valence electrons. The largest absolute Gasteiger partial charge is 0.275 e. The summed E-state index contributed by atoms with van der Waals surface area (Å²) in [5.74, 6) is 0.650. The molecule has 1 rings (SSSR count). The summed E-state index contributed by atoms with van der Waals surface area (Å²) in [6, 6.07) is 0. The predicted molar refractivity (Wildman–Crippen MR) is 41.3 cm³/mol. The lowest BCUT2D eigenvalue weighted by Crippen LogP contribution is -2.08. The van der Waals surface area contributed by atoms with Gasteiger partial charge in [0.15, 0.2) is 6.23 Å². The highest BCUT2D eigenvalue weighted by atomic mass is 16.8. The van der Waals surface area contributed by atoms with Crippen LogP contribution < -0.4 is 0 Å². The minimum absolute atomic E-state index is 0.423. The quantitative estimate of drug-likeness (QED) is 0.559. The maximum atomic E-state index is 5.31. The Balaban J connectivity index is 2.02. The van der Waals surface area contributed by atoms with E-state index in [1.54, 1.807) is 0 Å². The van der Waals surface area contributed by atoms with Crippen molar-refractivity contribution in [2.24, 2.45) is 5.92 Å². The van der Waals surface area contributed by atoms with Gasteiger partial charge in [0.05, 0.1) is 0 Å². The van der Waals surface area contributed by atoms with E-state index in [2.05, 4.69) is 25.8 Å². The molecular formula is C8H17NO. The third-order valence-corrected chi connectivity index (χ3v) is 1.78. The lowest BCUT2D eigenvalue weighted by atomic mass is 10.2. The second kappa shape index (κ2) is 3.35. The van der Waals surface area contributed by atoms with E-state index in [1.807, 2.05) is 0 Å². The second-order valence-electron chi connectivity index (χ2n) is 3.23.